The van der Waals surface area contributed by atoms with Crippen molar-refractivity contribution in [3.63, 3.8) is 0 Å². The Morgan fingerprint density at radius 1 is 1.57 bits per heavy atom. The van der Waals surface area contributed by atoms with Crippen molar-refractivity contribution < 1.29 is 14.3 Å². The summed E-state index contributed by atoms with van der Waals surface area (Å²) in [7, 11) is 0. The Bertz CT molecular complexity index is 584. The van der Waals surface area contributed by atoms with Crippen molar-refractivity contribution in [2.45, 2.75) is 51.5 Å². The lowest BCUT2D eigenvalue weighted by molar-refractivity contribution is -0.100. The van der Waals surface area contributed by atoms with Gasteiger partial charge >= 0.3 is 0 Å². The van der Waals surface area contributed by atoms with E-state index in [0.29, 0.717) is 32.0 Å². The lowest BCUT2D eigenvalue weighted by Gasteiger charge is -2.39. The second-order valence-electron chi connectivity index (χ2n) is 6.13. The minimum atomic E-state index is -0.0354. The number of rotatable bonds is 5. The standard InChI is InChI=1S/C17H25N3O3/c1-4-9-22-15-7-6-13-16(15)23-10-8-19(13)17(21)14-11-12(3)18-20(14)5-2/h4,11,13,15-16H,1,5-10H2,2-3H3/t13-,15-,16-/m1/s1. The molecule has 0 bridgehead atoms. The van der Waals surface area contributed by atoms with Gasteiger partial charge < -0.3 is 14.4 Å². The highest BCUT2D eigenvalue weighted by atomic mass is 16.5. The van der Waals surface area contributed by atoms with Gasteiger partial charge in [0.25, 0.3) is 5.91 Å². The molecule has 0 aromatic carbocycles. The van der Waals surface area contributed by atoms with Crippen LogP contribution >= 0.6 is 0 Å². The second-order valence-corrected chi connectivity index (χ2v) is 6.13. The topological polar surface area (TPSA) is 56.6 Å². The third kappa shape index (κ3) is 3.05. The van der Waals surface area contributed by atoms with Crippen LogP contribution in [0.5, 0.6) is 0 Å². The van der Waals surface area contributed by atoms with Crippen LogP contribution < -0.4 is 0 Å². The number of aryl methyl sites for hydroxylation is 2. The Balaban J connectivity index is 1.77. The third-order valence-electron chi connectivity index (χ3n) is 4.65. The van der Waals surface area contributed by atoms with E-state index in [9.17, 15) is 4.79 Å². The molecule has 3 rings (SSSR count). The predicted octanol–water partition coefficient (Wildman–Crippen LogP) is 1.79. The average Bonchev–Trinajstić information content (AvgIpc) is 3.15. The summed E-state index contributed by atoms with van der Waals surface area (Å²) < 4.78 is 13.5. The Labute approximate surface area is 137 Å². The van der Waals surface area contributed by atoms with E-state index in [2.05, 4.69) is 11.7 Å². The number of aromatic nitrogens is 2. The lowest BCUT2D eigenvalue weighted by Crippen LogP contribution is -2.54. The largest absolute Gasteiger partial charge is 0.372 e. The quantitative estimate of drug-likeness (QED) is 0.777. The van der Waals surface area contributed by atoms with Crippen LogP contribution in [0.25, 0.3) is 0 Å². The fourth-order valence-electron chi connectivity index (χ4n) is 3.64. The van der Waals surface area contributed by atoms with Crippen molar-refractivity contribution in [2.24, 2.45) is 0 Å². The molecular formula is C17H25N3O3. The number of fused-ring (bicyclic) bond motifs is 1. The van der Waals surface area contributed by atoms with Crippen molar-refractivity contribution >= 4 is 5.91 Å². The minimum absolute atomic E-state index is 0.0354. The molecule has 1 aliphatic heterocycles. The van der Waals surface area contributed by atoms with Crippen molar-refractivity contribution in [1.82, 2.24) is 14.7 Å². The van der Waals surface area contributed by atoms with E-state index in [1.807, 2.05) is 24.8 Å². The van der Waals surface area contributed by atoms with Crippen LogP contribution in [-0.2, 0) is 16.0 Å². The fraction of sp³-hybridized carbons (Fsp3) is 0.647. The summed E-state index contributed by atoms with van der Waals surface area (Å²) in [5.74, 6) is 0.0510. The summed E-state index contributed by atoms with van der Waals surface area (Å²) in [5.41, 5.74) is 1.54. The summed E-state index contributed by atoms with van der Waals surface area (Å²) >= 11 is 0. The predicted molar refractivity (Wildman–Crippen MR) is 86.4 cm³/mol. The molecule has 6 heteroatoms. The van der Waals surface area contributed by atoms with Gasteiger partial charge in [-0.25, -0.2) is 0 Å². The molecule has 2 fully saturated rings. The number of ether oxygens (including phenoxy) is 2. The van der Waals surface area contributed by atoms with Crippen molar-refractivity contribution in [3.05, 3.63) is 30.1 Å². The maximum Gasteiger partial charge on any atom is 0.272 e. The molecule has 2 heterocycles. The molecule has 23 heavy (non-hydrogen) atoms. The van der Waals surface area contributed by atoms with E-state index < -0.39 is 0 Å². The molecule has 1 aromatic heterocycles. The smallest absolute Gasteiger partial charge is 0.272 e. The number of hydrogen-bond donors (Lipinski definition) is 0. The monoisotopic (exact) mass is 319 g/mol. The van der Waals surface area contributed by atoms with E-state index in [-0.39, 0.29) is 24.2 Å². The van der Waals surface area contributed by atoms with Crippen LogP contribution in [0.1, 0.15) is 35.9 Å². The molecule has 1 saturated carbocycles. The van der Waals surface area contributed by atoms with Crippen molar-refractivity contribution in [3.8, 4) is 0 Å². The zero-order valence-corrected chi connectivity index (χ0v) is 13.9. The molecule has 1 amide bonds. The lowest BCUT2D eigenvalue weighted by atomic mass is 10.1. The SMILES string of the molecule is C=CCO[C@@H]1CC[C@@H]2[C@H]1OCCN2C(=O)c1cc(C)nn1CC. The molecule has 126 valence electrons. The number of nitrogens with zero attached hydrogens (tertiary/aromatic N) is 3. The van der Waals surface area contributed by atoms with E-state index >= 15 is 0 Å². The van der Waals surface area contributed by atoms with Gasteiger partial charge in [0.1, 0.15) is 11.8 Å². The summed E-state index contributed by atoms with van der Waals surface area (Å²) in [6.07, 6.45) is 3.59. The zero-order chi connectivity index (χ0) is 16.4. The first-order valence-electron chi connectivity index (χ1n) is 8.35. The van der Waals surface area contributed by atoms with Crippen LogP contribution in [0.15, 0.2) is 18.7 Å². The fourth-order valence-corrected chi connectivity index (χ4v) is 3.64. The first kappa shape index (κ1) is 16.2. The Kier molecular flexibility index (Phi) is 4.82. The highest BCUT2D eigenvalue weighted by Gasteiger charge is 2.45. The van der Waals surface area contributed by atoms with Gasteiger partial charge in [0.05, 0.1) is 31.1 Å². The molecule has 0 spiro atoms. The van der Waals surface area contributed by atoms with Gasteiger partial charge in [0.15, 0.2) is 0 Å². The van der Waals surface area contributed by atoms with Crippen LogP contribution in [0.2, 0.25) is 0 Å². The Hall–Kier alpha value is -1.66. The normalized spacial score (nSPS) is 27.0. The molecule has 2 aliphatic rings. The molecule has 1 aliphatic carbocycles. The first-order chi connectivity index (χ1) is 11.2. The van der Waals surface area contributed by atoms with E-state index in [4.69, 9.17) is 9.47 Å². The molecule has 1 aromatic rings. The highest BCUT2D eigenvalue weighted by molar-refractivity contribution is 5.93. The van der Waals surface area contributed by atoms with Gasteiger partial charge in [-0.1, -0.05) is 6.08 Å². The number of hydrogen-bond acceptors (Lipinski definition) is 4. The van der Waals surface area contributed by atoms with E-state index in [1.165, 1.54) is 0 Å². The first-order valence-corrected chi connectivity index (χ1v) is 8.35. The van der Waals surface area contributed by atoms with Crippen LogP contribution in [-0.4, -0.2) is 58.6 Å². The number of morpholine rings is 1. The number of carbonyl (C=O) groups excluding carboxylic acids is 1. The summed E-state index contributed by atoms with van der Waals surface area (Å²) in [5, 5.41) is 4.39. The summed E-state index contributed by atoms with van der Waals surface area (Å²) in [4.78, 5) is 15.0. The Morgan fingerprint density at radius 2 is 2.39 bits per heavy atom. The summed E-state index contributed by atoms with van der Waals surface area (Å²) in [6.45, 7) is 10.0. The highest BCUT2D eigenvalue weighted by Crippen LogP contribution is 2.33. The van der Waals surface area contributed by atoms with Crippen molar-refractivity contribution in [2.75, 3.05) is 19.8 Å². The van der Waals surface area contributed by atoms with Gasteiger partial charge in [-0.15, -0.1) is 6.58 Å². The molecule has 3 atom stereocenters. The second kappa shape index (κ2) is 6.84. The van der Waals surface area contributed by atoms with E-state index in [1.54, 1.807) is 10.8 Å². The summed E-state index contributed by atoms with van der Waals surface area (Å²) in [6, 6.07) is 1.96. The maximum atomic E-state index is 13.0. The molecule has 0 radical (unpaired) electrons. The molecule has 0 unspecified atom stereocenters. The van der Waals surface area contributed by atoms with Gasteiger partial charge in [-0.2, -0.15) is 5.10 Å². The average molecular weight is 319 g/mol. The molecule has 6 nitrogen and oxygen atoms in total. The van der Waals surface area contributed by atoms with Gasteiger partial charge in [0, 0.05) is 13.1 Å². The van der Waals surface area contributed by atoms with Crippen molar-refractivity contribution in [1.29, 1.82) is 0 Å². The van der Waals surface area contributed by atoms with Crippen LogP contribution in [0.4, 0.5) is 0 Å². The van der Waals surface area contributed by atoms with E-state index in [0.717, 1.165) is 18.5 Å². The maximum absolute atomic E-state index is 13.0. The number of amides is 1. The van der Waals surface area contributed by atoms with Crippen LogP contribution in [0, 0.1) is 6.92 Å². The minimum Gasteiger partial charge on any atom is -0.372 e. The molecule has 0 N–H and O–H groups in total. The van der Waals surface area contributed by atoms with Gasteiger partial charge in [0.2, 0.25) is 0 Å². The van der Waals surface area contributed by atoms with Crippen LogP contribution in [0.3, 0.4) is 0 Å². The zero-order valence-electron chi connectivity index (χ0n) is 13.9. The Morgan fingerprint density at radius 3 is 3.13 bits per heavy atom. The molecule has 1 saturated heterocycles. The molecular weight excluding hydrogens is 294 g/mol. The number of carbonyl (C=O) groups is 1. The van der Waals surface area contributed by atoms with Gasteiger partial charge in [-0.05, 0) is 32.8 Å². The van der Waals surface area contributed by atoms with Gasteiger partial charge in [-0.3, -0.25) is 9.48 Å². The third-order valence-corrected chi connectivity index (χ3v) is 4.65.